The first kappa shape index (κ1) is 10.7. The van der Waals surface area contributed by atoms with Gasteiger partial charge in [-0.25, -0.2) is 0 Å². The van der Waals surface area contributed by atoms with Crippen LogP contribution in [0.2, 0.25) is 5.02 Å². The fourth-order valence-electron chi connectivity index (χ4n) is 1.57. The maximum Gasteiger partial charge on any atom is 0.0992 e. The summed E-state index contributed by atoms with van der Waals surface area (Å²) in [4.78, 5) is 0. The highest BCUT2D eigenvalue weighted by molar-refractivity contribution is 7.99. The highest BCUT2D eigenvalue weighted by atomic mass is 35.5. The van der Waals surface area contributed by atoms with Crippen molar-refractivity contribution >= 4 is 29.1 Å². The average molecular weight is 239 g/mol. The van der Waals surface area contributed by atoms with Crippen LogP contribution < -0.4 is 5.32 Å². The zero-order valence-electron chi connectivity index (χ0n) is 8.16. The maximum atomic E-state index is 8.79. The molecule has 1 heterocycles. The van der Waals surface area contributed by atoms with E-state index in [9.17, 15) is 0 Å². The van der Waals surface area contributed by atoms with Crippen LogP contribution in [0, 0.1) is 11.3 Å². The minimum atomic E-state index is 0.487. The summed E-state index contributed by atoms with van der Waals surface area (Å²) >= 11 is 8.00. The zero-order valence-corrected chi connectivity index (χ0v) is 9.74. The fourth-order valence-corrected chi connectivity index (χ4v) is 2.90. The summed E-state index contributed by atoms with van der Waals surface area (Å²) in [5.74, 6) is 2.32. The minimum absolute atomic E-state index is 0.487. The summed E-state index contributed by atoms with van der Waals surface area (Å²) in [6.07, 6.45) is 1.16. The molecule has 1 N–H and O–H groups in total. The lowest BCUT2D eigenvalue weighted by atomic mass is 10.2. The maximum absolute atomic E-state index is 8.79. The van der Waals surface area contributed by atoms with Crippen molar-refractivity contribution in [1.29, 1.82) is 5.26 Å². The van der Waals surface area contributed by atoms with Crippen LogP contribution in [0.3, 0.4) is 0 Å². The lowest BCUT2D eigenvalue weighted by molar-refractivity contribution is 0.813. The normalized spacial score (nSPS) is 19.9. The molecule has 1 aliphatic rings. The number of nitriles is 1. The van der Waals surface area contributed by atoms with Gasteiger partial charge in [-0.1, -0.05) is 11.6 Å². The molecule has 0 spiro atoms. The third kappa shape index (κ3) is 2.58. The van der Waals surface area contributed by atoms with Crippen molar-refractivity contribution in [2.75, 3.05) is 16.8 Å². The Hall–Kier alpha value is -0.850. The van der Waals surface area contributed by atoms with Gasteiger partial charge in [0, 0.05) is 11.8 Å². The van der Waals surface area contributed by atoms with Crippen LogP contribution in [0.5, 0.6) is 0 Å². The molecule has 4 heteroatoms. The molecule has 0 bridgehead atoms. The number of rotatable bonds is 2. The van der Waals surface area contributed by atoms with Gasteiger partial charge in [0.1, 0.15) is 0 Å². The second kappa shape index (κ2) is 4.78. The molecule has 0 radical (unpaired) electrons. The number of benzene rings is 1. The predicted molar refractivity (Wildman–Crippen MR) is 65.5 cm³/mol. The standard InChI is InChI=1S/C11H11ClN2S/c12-10-2-1-8(6-13)5-11(10)14-9-3-4-15-7-9/h1-2,5,9,14H,3-4,7H2. The van der Waals surface area contributed by atoms with E-state index in [1.807, 2.05) is 17.8 Å². The number of nitrogens with one attached hydrogen (secondary N) is 1. The van der Waals surface area contributed by atoms with Gasteiger partial charge < -0.3 is 5.32 Å². The van der Waals surface area contributed by atoms with E-state index >= 15 is 0 Å². The molecule has 0 amide bonds. The largest absolute Gasteiger partial charge is 0.380 e. The lowest BCUT2D eigenvalue weighted by Gasteiger charge is -2.14. The molecule has 1 aromatic carbocycles. The van der Waals surface area contributed by atoms with Crippen LogP contribution in [-0.4, -0.2) is 17.5 Å². The van der Waals surface area contributed by atoms with Crippen LogP contribution >= 0.6 is 23.4 Å². The summed E-state index contributed by atoms with van der Waals surface area (Å²) in [6, 6.07) is 7.92. The van der Waals surface area contributed by atoms with Crippen LogP contribution in [0.4, 0.5) is 5.69 Å². The number of hydrogen-bond acceptors (Lipinski definition) is 3. The molecule has 1 fully saturated rings. The van der Waals surface area contributed by atoms with E-state index in [2.05, 4.69) is 11.4 Å². The first-order chi connectivity index (χ1) is 7.29. The lowest BCUT2D eigenvalue weighted by Crippen LogP contribution is -2.18. The molecule has 1 saturated heterocycles. The Labute approximate surface area is 98.6 Å². The summed E-state index contributed by atoms with van der Waals surface area (Å²) < 4.78 is 0. The van der Waals surface area contributed by atoms with E-state index in [-0.39, 0.29) is 0 Å². The Bertz CT molecular complexity index is 394. The van der Waals surface area contributed by atoms with Gasteiger partial charge in [0.05, 0.1) is 22.3 Å². The molecule has 15 heavy (non-hydrogen) atoms. The van der Waals surface area contributed by atoms with Gasteiger partial charge in [0.15, 0.2) is 0 Å². The summed E-state index contributed by atoms with van der Waals surface area (Å²) in [7, 11) is 0. The average Bonchev–Trinajstić information content (AvgIpc) is 2.74. The molecular formula is C11H11ClN2S. The monoisotopic (exact) mass is 238 g/mol. The Kier molecular flexibility index (Phi) is 3.40. The SMILES string of the molecule is N#Cc1ccc(Cl)c(NC2CCSC2)c1. The minimum Gasteiger partial charge on any atom is -0.380 e. The molecule has 0 aliphatic carbocycles. The first-order valence-corrected chi connectivity index (χ1v) is 6.37. The highest BCUT2D eigenvalue weighted by Gasteiger charge is 2.16. The van der Waals surface area contributed by atoms with E-state index in [1.54, 1.807) is 12.1 Å². The fraction of sp³-hybridized carbons (Fsp3) is 0.364. The van der Waals surface area contributed by atoms with Crippen LogP contribution in [-0.2, 0) is 0 Å². The summed E-state index contributed by atoms with van der Waals surface area (Å²) in [5, 5.41) is 12.9. The predicted octanol–water partition coefficient (Wildman–Crippen LogP) is 3.13. The van der Waals surface area contributed by atoms with Crippen LogP contribution in [0.15, 0.2) is 18.2 Å². The summed E-state index contributed by atoms with van der Waals surface area (Å²) in [5.41, 5.74) is 1.52. The molecular weight excluding hydrogens is 228 g/mol. The van der Waals surface area contributed by atoms with E-state index in [4.69, 9.17) is 16.9 Å². The van der Waals surface area contributed by atoms with Gasteiger partial charge in [-0.05, 0) is 30.4 Å². The van der Waals surface area contributed by atoms with Gasteiger partial charge >= 0.3 is 0 Å². The second-order valence-corrected chi connectivity index (χ2v) is 5.07. The van der Waals surface area contributed by atoms with Crippen molar-refractivity contribution in [3.63, 3.8) is 0 Å². The van der Waals surface area contributed by atoms with Crippen molar-refractivity contribution in [2.24, 2.45) is 0 Å². The molecule has 1 aromatic rings. The molecule has 0 aromatic heterocycles. The highest BCUT2D eigenvalue weighted by Crippen LogP contribution is 2.27. The van der Waals surface area contributed by atoms with Crippen molar-refractivity contribution in [1.82, 2.24) is 0 Å². The third-order valence-corrected chi connectivity index (χ3v) is 3.88. The van der Waals surface area contributed by atoms with Gasteiger partial charge in [-0.3, -0.25) is 0 Å². The van der Waals surface area contributed by atoms with E-state index < -0.39 is 0 Å². The molecule has 78 valence electrons. The topological polar surface area (TPSA) is 35.8 Å². The Balaban J connectivity index is 2.15. The number of hydrogen-bond donors (Lipinski definition) is 1. The van der Waals surface area contributed by atoms with Crippen LogP contribution in [0.25, 0.3) is 0 Å². The Morgan fingerprint density at radius 1 is 1.53 bits per heavy atom. The van der Waals surface area contributed by atoms with Crippen molar-refractivity contribution < 1.29 is 0 Å². The van der Waals surface area contributed by atoms with Crippen LogP contribution in [0.1, 0.15) is 12.0 Å². The van der Waals surface area contributed by atoms with Gasteiger partial charge in [-0.2, -0.15) is 17.0 Å². The van der Waals surface area contributed by atoms with Crippen molar-refractivity contribution in [3.05, 3.63) is 28.8 Å². The van der Waals surface area contributed by atoms with Gasteiger partial charge in [-0.15, -0.1) is 0 Å². The third-order valence-electron chi connectivity index (χ3n) is 2.38. The van der Waals surface area contributed by atoms with Gasteiger partial charge in [0.25, 0.3) is 0 Å². The smallest absolute Gasteiger partial charge is 0.0992 e. The molecule has 1 unspecified atom stereocenters. The number of halogens is 1. The quantitative estimate of drug-likeness (QED) is 0.860. The molecule has 1 atom stereocenters. The molecule has 2 nitrogen and oxygen atoms in total. The van der Waals surface area contributed by atoms with E-state index in [1.165, 1.54) is 5.75 Å². The summed E-state index contributed by atoms with van der Waals surface area (Å²) in [6.45, 7) is 0. The first-order valence-electron chi connectivity index (χ1n) is 4.83. The number of thioether (sulfide) groups is 1. The number of anilines is 1. The molecule has 2 rings (SSSR count). The molecule has 0 saturated carbocycles. The Morgan fingerprint density at radius 3 is 3.07 bits per heavy atom. The van der Waals surface area contributed by atoms with E-state index in [0.717, 1.165) is 17.9 Å². The number of nitrogens with zero attached hydrogens (tertiary/aromatic N) is 1. The van der Waals surface area contributed by atoms with E-state index in [0.29, 0.717) is 16.6 Å². The second-order valence-electron chi connectivity index (χ2n) is 3.51. The van der Waals surface area contributed by atoms with Crippen molar-refractivity contribution in [3.8, 4) is 6.07 Å². The van der Waals surface area contributed by atoms with Crippen molar-refractivity contribution in [2.45, 2.75) is 12.5 Å². The molecule has 1 aliphatic heterocycles. The van der Waals surface area contributed by atoms with Gasteiger partial charge in [0.2, 0.25) is 0 Å². The zero-order chi connectivity index (χ0) is 10.7. The Morgan fingerprint density at radius 2 is 2.40 bits per heavy atom.